The third-order valence-corrected chi connectivity index (χ3v) is 3.44. The van der Waals surface area contributed by atoms with Gasteiger partial charge in [-0.05, 0) is 37.6 Å². The highest BCUT2D eigenvalue weighted by Crippen LogP contribution is 2.14. The first-order chi connectivity index (χ1) is 8.36. The maximum atomic E-state index is 11.9. The Morgan fingerprint density at radius 2 is 1.94 bits per heavy atom. The Morgan fingerprint density at radius 3 is 2.44 bits per heavy atom. The highest BCUT2D eigenvalue weighted by molar-refractivity contribution is 9.10. The fourth-order valence-electron chi connectivity index (χ4n) is 1.26. The van der Waals surface area contributed by atoms with E-state index in [1.165, 1.54) is 11.0 Å². The van der Waals surface area contributed by atoms with Gasteiger partial charge in [0.15, 0.2) is 0 Å². The van der Waals surface area contributed by atoms with Crippen LogP contribution in [0.4, 0.5) is 0 Å². The van der Waals surface area contributed by atoms with Gasteiger partial charge in [0.25, 0.3) is 0 Å². The molecule has 0 aliphatic carbocycles. The summed E-state index contributed by atoms with van der Waals surface area (Å²) in [5.74, 6) is -0.128. The highest BCUT2D eigenvalue weighted by Gasteiger charge is 2.25. The molecule has 0 fully saturated rings. The van der Waals surface area contributed by atoms with Crippen molar-refractivity contribution in [1.29, 1.82) is 0 Å². The second-order valence-corrected chi connectivity index (χ2v) is 5.67. The minimum Gasteiger partial charge on any atom is -0.394 e. The third-order valence-electron chi connectivity index (χ3n) is 2.91. The topological polar surface area (TPSA) is 40.5 Å². The molecule has 0 unspecified atom stereocenters. The summed E-state index contributed by atoms with van der Waals surface area (Å²) in [6.45, 7) is 3.57. The maximum Gasteiger partial charge on any atom is 0.246 e. The lowest BCUT2D eigenvalue weighted by atomic mass is 10.1. The van der Waals surface area contributed by atoms with Gasteiger partial charge in [-0.2, -0.15) is 0 Å². The SMILES string of the molecule is CN(C(=O)/C=C/c1ccc(Br)cc1)C(C)(C)CO. The average Bonchev–Trinajstić information content (AvgIpc) is 2.36. The van der Waals surface area contributed by atoms with Crippen LogP contribution in [0.15, 0.2) is 34.8 Å². The van der Waals surface area contributed by atoms with Crippen LogP contribution in [0, 0.1) is 0 Å². The van der Waals surface area contributed by atoms with Crippen LogP contribution in [0.2, 0.25) is 0 Å². The second kappa shape index (κ2) is 6.16. The van der Waals surface area contributed by atoms with Crippen LogP contribution in [0.1, 0.15) is 19.4 Å². The normalized spacial score (nSPS) is 11.8. The van der Waals surface area contributed by atoms with Crippen molar-refractivity contribution in [3.05, 3.63) is 40.4 Å². The first-order valence-electron chi connectivity index (χ1n) is 5.69. The number of carbonyl (C=O) groups excluding carboxylic acids is 1. The molecule has 0 atom stereocenters. The molecule has 1 aromatic carbocycles. The lowest BCUT2D eigenvalue weighted by Crippen LogP contribution is -2.47. The smallest absolute Gasteiger partial charge is 0.246 e. The van der Waals surface area contributed by atoms with Crippen molar-refractivity contribution >= 4 is 27.9 Å². The van der Waals surface area contributed by atoms with E-state index in [-0.39, 0.29) is 12.5 Å². The molecule has 18 heavy (non-hydrogen) atoms. The summed E-state index contributed by atoms with van der Waals surface area (Å²) < 4.78 is 1.00. The Balaban J connectivity index is 2.73. The Labute approximate surface area is 116 Å². The Kier molecular flexibility index (Phi) is 5.11. The number of halogens is 1. The van der Waals surface area contributed by atoms with Crippen molar-refractivity contribution in [3.8, 4) is 0 Å². The van der Waals surface area contributed by atoms with Crippen LogP contribution < -0.4 is 0 Å². The van der Waals surface area contributed by atoms with E-state index in [2.05, 4.69) is 15.9 Å². The molecule has 0 bridgehead atoms. The van der Waals surface area contributed by atoms with Gasteiger partial charge in [0, 0.05) is 17.6 Å². The first kappa shape index (κ1) is 14.9. The van der Waals surface area contributed by atoms with Gasteiger partial charge >= 0.3 is 0 Å². The zero-order chi connectivity index (χ0) is 13.8. The summed E-state index contributed by atoms with van der Waals surface area (Å²) in [4.78, 5) is 13.4. The van der Waals surface area contributed by atoms with Crippen molar-refractivity contribution in [1.82, 2.24) is 4.90 Å². The summed E-state index contributed by atoms with van der Waals surface area (Å²) in [6.07, 6.45) is 3.28. The number of aliphatic hydroxyl groups excluding tert-OH is 1. The Morgan fingerprint density at radius 1 is 1.39 bits per heavy atom. The summed E-state index contributed by atoms with van der Waals surface area (Å²) in [5.41, 5.74) is 0.406. The number of carbonyl (C=O) groups is 1. The largest absolute Gasteiger partial charge is 0.394 e. The van der Waals surface area contributed by atoms with Crippen LogP contribution in [0.3, 0.4) is 0 Å². The lowest BCUT2D eigenvalue weighted by Gasteiger charge is -2.33. The van der Waals surface area contributed by atoms with Crippen LogP contribution in [-0.2, 0) is 4.79 Å². The summed E-state index contributed by atoms with van der Waals surface area (Å²) in [6, 6.07) is 7.69. The number of rotatable bonds is 4. The van der Waals surface area contributed by atoms with Gasteiger partial charge in [0.2, 0.25) is 5.91 Å². The minimum atomic E-state index is -0.554. The van der Waals surface area contributed by atoms with Crippen molar-refractivity contribution < 1.29 is 9.90 Å². The zero-order valence-corrected chi connectivity index (χ0v) is 12.4. The van der Waals surface area contributed by atoms with E-state index in [4.69, 9.17) is 0 Å². The number of hydrogen-bond donors (Lipinski definition) is 1. The van der Waals surface area contributed by atoms with E-state index >= 15 is 0 Å². The van der Waals surface area contributed by atoms with Gasteiger partial charge in [-0.3, -0.25) is 4.79 Å². The molecule has 0 saturated heterocycles. The fraction of sp³-hybridized carbons (Fsp3) is 0.357. The van der Waals surface area contributed by atoms with E-state index in [0.29, 0.717) is 0 Å². The Bertz CT molecular complexity index is 438. The monoisotopic (exact) mass is 311 g/mol. The number of benzene rings is 1. The van der Waals surface area contributed by atoms with Crippen LogP contribution >= 0.6 is 15.9 Å². The Hall–Kier alpha value is -1.13. The summed E-state index contributed by atoms with van der Waals surface area (Å²) in [7, 11) is 1.68. The summed E-state index contributed by atoms with van der Waals surface area (Å²) >= 11 is 3.36. The fourth-order valence-corrected chi connectivity index (χ4v) is 1.52. The van der Waals surface area contributed by atoms with Gasteiger partial charge in [-0.25, -0.2) is 0 Å². The van der Waals surface area contributed by atoms with Crippen LogP contribution in [0.5, 0.6) is 0 Å². The van der Waals surface area contributed by atoms with Gasteiger partial charge in [-0.1, -0.05) is 28.1 Å². The molecule has 0 aliphatic heterocycles. The van der Waals surface area contributed by atoms with Crippen molar-refractivity contribution in [2.45, 2.75) is 19.4 Å². The molecule has 0 aromatic heterocycles. The number of nitrogens with zero attached hydrogens (tertiary/aromatic N) is 1. The van der Waals surface area contributed by atoms with E-state index in [1.54, 1.807) is 13.1 Å². The molecule has 0 aliphatic rings. The number of aliphatic hydroxyl groups is 1. The van der Waals surface area contributed by atoms with Gasteiger partial charge in [-0.15, -0.1) is 0 Å². The molecule has 0 heterocycles. The molecule has 0 radical (unpaired) electrons. The van der Waals surface area contributed by atoms with Crippen LogP contribution in [-0.4, -0.2) is 35.1 Å². The molecule has 1 amide bonds. The molecular weight excluding hydrogens is 294 g/mol. The molecule has 0 spiro atoms. The second-order valence-electron chi connectivity index (χ2n) is 4.75. The predicted octanol–water partition coefficient (Wildman–Crippen LogP) is 2.69. The maximum absolute atomic E-state index is 11.9. The van der Waals surface area contributed by atoms with E-state index in [0.717, 1.165) is 10.0 Å². The molecule has 4 heteroatoms. The molecular formula is C14H18BrNO2. The quantitative estimate of drug-likeness (QED) is 0.869. The van der Waals surface area contributed by atoms with Crippen LogP contribution in [0.25, 0.3) is 6.08 Å². The molecule has 1 aromatic rings. The molecule has 1 rings (SSSR count). The van der Waals surface area contributed by atoms with Gasteiger partial charge in [0.05, 0.1) is 12.1 Å². The first-order valence-corrected chi connectivity index (χ1v) is 6.48. The average molecular weight is 312 g/mol. The number of amides is 1. The minimum absolute atomic E-state index is 0.0681. The highest BCUT2D eigenvalue weighted by atomic mass is 79.9. The molecule has 3 nitrogen and oxygen atoms in total. The van der Waals surface area contributed by atoms with E-state index in [9.17, 15) is 9.90 Å². The van der Waals surface area contributed by atoms with Crippen molar-refractivity contribution in [3.63, 3.8) is 0 Å². The molecule has 98 valence electrons. The molecule has 0 saturated carbocycles. The van der Waals surface area contributed by atoms with Crippen molar-refractivity contribution in [2.75, 3.05) is 13.7 Å². The third kappa shape index (κ3) is 3.96. The van der Waals surface area contributed by atoms with Crippen molar-refractivity contribution in [2.24, 2.45) is 0 Å². The number of likely N-dealkylation sites (N-methyl/N-ethyl adjacent to an activating group) is 1. The van der Waals surface area contributed by atoms with E-state index < -0.39 is 5.54 Å². The standard InChI is InChI=1S/C14H18BrNO2/c1-14(2,10-17)16(3)13(18)9-6-11-4-7-12(15)8-5-11/h4-9,17H,10H2,1-3H3/b9-6+. The zero-order valence-electron chi connectivity index (χ0n) is 10.9. The van der Waals surface area contributed by atoms with Gasteiger partial charge < -0.3 is 10.0 Å². The predicted molar refractivity (Wildman–Crippen MR) is 77.1 cm³/mol. The van der Waals surface area contributed by atoms with E-state index in [1.807, 2.05) is 38.1 Å². The molecule has 1 N–H and O–H groups in total. The lowest BCUT2D eigenvalue weighted by molar-refractivity contribution is -0.130. The number of hydrogen-bond acceptors (Lipinski definition) is 2. The summed E-state index contributed by atoms with van der Waals surface area (Å²) in [5, 5.41) is 9.21. The van der Waals surface area contributed by atoms with Gasteiger partial charge in [0.1, 0.15) is 0 Å².